The van der Waals surface area contributed by atoms with Crippen LogP contribution in [0.4, 0.5) is 9.59 Å². The zero-order chi connectivity index (χ0) is 28.0. The van der Waals surface area contributed by atoms with E-state index in [1.165, 1.54) is 0 Å². The van der Waals surface area contributed by atoms with Gasteiger partial charge in [-0.2, -0.15) is 0 Å². The van der Waals surface area contributed by atoms with Gasteiger partial charge in [0.05, 0.1) is 6.04 Å². The highest BCUT2D eigenvalue weighted by molar-refractivity contribution is 9.10. The van der Waals surface area contributed by atoms with Crippen molar-refractivity contribution in [2.24, 2.45) is 0 Å². The molecule has 1 aliphatic rings. The van der Waals surface area contributed by atoms with Gasteiger partial charge in [-0.15, -0.1) is 0 Å². The van der Waals surface area contributed by atoms with Gasteiger partial charge in [-0.3, -0.25) is 4.79 Å². The van der Waals surface area contributed by atoms with Gasteiger partial charge in [0, 0.05) is 28.4 Å². The second kappa shape index (κ2) is 12.5. The first kappa shape index (κ1) is 28.4. The van der Waals surface area contributed by atoms with Crippen LogP contribution in [0.15, 0.2) is 83.3 Å². The molecule has 0 bridgehead atoms. The van der Waals surface area contributed by atoms with E-state index in [1.807, 2.05) is 87.5 Å². The molecule has 1 fully saturated rings. The summed E-state index contributed by atoms with van der Waals surface area (Å²) in [5.74, 6) is -0.0290. The smallest absolute Gasteiger partial charge is 0.408 e. The van der Waals surface area contributed by atoms with E-state index in [0.29, 0.717) is 12.0 Å². The molecule has 3 aromatic rings. The number of Topliss-reactive ketones (excluding diaryl/α,β-unsaturated/α-hetero) is 1. The molecule has 7 nitrogen and oxygen atoms in total. The van der Waals surface area contributed by atoms with Crippen LogP contribution in [0.5, 0.6) is 0 Å². The summed E-state index contributed by atoms with van der Waals surface area (Å²) < 4.78 is 11.7. The number of carbonyl (C=O) groups is 3. The summed E-state index contributed by atoms with van der Waals surface area (Å²) in [6, 6.07) is 23.6. The summed E-state index contributed by atoms with van der Waals surface area (Å²) in [7, 11) is 0. The molecule has 1 saturated carbocycles. The Bertz CT molecular complexity index is 1290. The fraction of sp³-hybridized carbons (Fsp3) is 0.323. The second-order valence-electron chi connectivity index (χ2n) is 10.7. The van der Waals surface area contributed by atoms with Crippen molar-refractivity contribution in [3.8, 4) is 0 Å². The molecule has 2 amide bonds. The molecule has 3 atom stereocenters. The van der Waals surface area contributed by atoms with Crippen molar-refractivity contribution in [1.29, 1.82) is 0 Å². The topological polar surface area (TPSA) is 93.7 Å². The zero-order valence-electron chi connectivity index (χ0n) is 22.3. The molecule has 2 N–H and O–H groups in total. The normalized spacial score (nSPS) is 17.0. The van der Waals surface area contributed by atoms with E-state index in [2.05, 4.69) is 26.6 Å². The Hall–Kier alpha value is -3.65. The number of hydrogen-bond acceptors (Lipinski definition) is 5. The highest BCUT2D eigenvalue weighted by Crippen LogP contribution is 2.41. The number of rotatable bonds is 9. The van der Waals surface area contributed by atoms with Gasteiger partial charge < -0.3 is 20.1 Å². The molecule has 0 heterocycles. The number of hydrogen-bond donors (Lipinski definition) is 2. The minimum absolute atomic E-state index is 0.00870. The summed E-state index contributed by atoms with van der Waals surface area (Å²) in [5, 5.41) is 5.66. The maximum Gasteiger partial charge on any atom is 0.408 e. The lowest BCUT2D eigenvalue weighted by atomic mass is 9.96. The maximum atomic E-state index is 13.5. The van der Waals surface area contributed by atoms with Crippen LogP contribution >= 0.6 is 15.9 Å². The van der Waals surface area contributed by atoms with Crippen molar-refractivity contribution >= 4 is 33.9 Å². The second-order valence-corrected chi connectivity index (χ2v) is 11.6. The Labute approximate surface area is 237 Å². The first-order valence-corrected chi connectivity index (χ1v) is 13.7. The summed E-state index contributed by atoms with van der Waals surface area (Å²) in [6.07, 6.45) is 0.0651. The molecule has 0 aliphatic heterocycles. The average molecular weight is 594 g/mol. The van der Waals surface area contributed by atoms with Gasteiger partial charge >= 0.3 is 12.2 Å². The van der Waals surface area contributed by atoms with E-state index >= 15 is 0 Å². The lowest BCUT2D eigenvalue weighted by molar-refractivity contribution is 0.0522. The van der Waals surface area contributed by atoms with Crippen LogP contribution in [-0.2, 0) is 22.5 Å². The van der Waals surface area contributed by atoms with Crippen molar-refractivity contribution in [2.45, 2.75) is 63.8 Å². The molecule has 3 unspecified atom stereocenters. The molecular weight excluding hydrogens is 560 g/mol. The molecular formula is C31H33BrN2O5. The number of amides is 2. The molecule has 0 spiro atoms. The van der Waals surface area contributed by atoms with Gasteiger partial charge in [-0.1, -0.05) is 82.7 Å². The third-order valence-corrected chi connectivity index (χ3v) is 6.82. The molecule has 3 aromatic carbocycles. The van der Waals surface area contributed by atoms with Crippen molar-refractivity contribution in [2.75, 3.05) is 0 Å². The Morgan fingerprint density at radius 1 is 0.897 bits per heavy atom. The standard InChI is InChI=1S/C31H33BrN2O5/c1-31(2,3)39-30(37)33-26-18-25(26)22-11-13-23(14-12-22)28(35)27(17-20-7-5-4-6-8-20)34-29(36)38-19-21-9-15-24(32)16-10-21/h4-16,25-27H,17-19H2,1-3H3,(H,33,37)(H,34,36). The highest BCUT2D eigenvalue weighted by Gasteiger charge is 2.40. The Kier molecular flexibility index (Phi) is 9.07. The van der Waals surface area contributed by atoms with Gasteiger partial charge in [-0.05, 0) is 56.0 Å². The van der Waals surface area contributed by atoms with Crippen LogP contribution in [0.2, 0.25) is 0 Å². The Morgan fingerprint density at radius 3 is 2.21 bits per heavy atom. The molecule has 0 radical (unpaired) electrons. The summed E-state index contributed by atoms with van der Waals surface area (Å²) in [6.45, 7) is 5.58. The van der Waals surface area contributed by atoms with E-state index in [1.54, 1.807) is 12.1 Å². The minimum atomic E-state index is -0.793. The number of alkyl carbamates (subject to hydrolysis) is 2. The van der Waals surface area contributed by atoms with Crippen LogP contribution in [0.25, 0.3) is 0 Å². The van der Waals surface area contributed by atoms with Gasteiger partial charge in [0.1, 0.15) is 12.2 Å². The van der Waals surface area contributed by atoms with Crippen LogP contribution < -0.4 is 10.6 Å². The molecule has 204 valence electrons. The van der Waals surface area contributed by atoms with Crippen LogP contribution in [-0.4, -0.2) is 35.7 Å². The maximum absolute atomic E-state index is 13.5. The number of benzene rings is 3. The fourth-order valence-electron chi connectivity index (χ4n) is 4.25. The average Bonchev–Trinajstić information content (AvgIpc) is 3.66. The number of ether oxygens (including phenoxy) is 2. The number of nitrogens with one attached hydrogen (secondary N) is 2. The summed E-state index contributed by atoms with van der Waals surface area (Å²) in [5.41, 5.74) is 2.75. The van der Waals surface area contributed by atoms with E-state index in [-0.39, 0.29) is 24.3 Å². The lowest BCUT2D eigenvalue weighted by Gasteiger charge is -2.19. The van der Waals surface area contributed by atoms with Crippen LogP contribution in [0, 0.1) is 0 Å². The van der Waals surface area contributed by atoms with Gasteiger partial charge in [-0.25, -0.2) is 9.59 Å². The van der Waals surface area contributed by atoms with Gasteiger partial charge in [0.2, 0.25) is 0 Å². The van der Waals surface area contributed by atoms with Crippen molar-refractivity contribution in [3.05, 3.63) is 106 Å². The molecule has 0 aromatic heterocycles. The van der Waals surface area contributed by atoms with Crippen molar-refractivity contribution in [3.63, 3.8) is 0 Å². The van der Waals surface area contributed by atoms with Crippen LogP contribution in [0.1, 0.15) is 60.2 Å². The summed E-state index contributed by atoms with van der Waals surface area (Å²) >= 11 is 3.39. The van der Waals surface area contributed by atoms with Crippen molar-refractivity contribution < 1.29 is 23.9 Å². The van der Waals surface area contributed by atoms with Gasteiger partial charge in [0.25, 0.3) is 0 Å². The number of ketones is 1. The minimum Gasteiger partial charge on any atom is -0.445 e. The van der Waals surface area contributed by atoms with Gasteiger partial charge in [0.15, 0.2) is 5.78 Å². The monoisotopic (exact) mass is 592 g/mol. The Morgan fingerprint density at radius 2 is 1.56 bits per heavy atom. The molecule has 4 rings (SSSR count). The van der Waals surface area contributed by atoms with E-state index in [9.17, 15) is 14.4 Å². The van der Waals surface area contributed by atoms with Crippen LogP contribution in [0.3, 0.4) is 0 Å². The van der Waals surface area contributed by atoms with E-state index in [4.69, 9.17) is 9.47 Å². The fourth-order valence-corrected chi connectivity index (χ4v) is 4.51. The molecule has 39 heavy (non-hydrogen) atoms. The van der Waals surface area contributed by atoms with E-state index in [0.717, 1.165) is 27.6 Å². The number of carbonyl (C=O) groups excluding carboxylic acids is 3. The predicted molar refractivity (Wildman–Crippen MR) is 153 cm³/mol. The summed E-state index contributed by atoms with van der Waals surface area (Å²) in [4.78, 5) is 38.2. The lowest BCUT2D eigenvalue weighted by Crippen LogP contribution is -2.42. The number of halogens is 1. The third kappa shape index (κ3) is 8.68. The predicted octanol–water partition coefficient (Wildman–Crippen LogP) is 6.55. The third-order valence-electron chi connectivity index (χ3n) is 6.29. The quantitative estimate of drug-likeness (QED) is 0.275. The van der Waals surface area contributed by atoms with E-state index < -0.39 is 23.8 Å². The largest absolute Gasteiger partial charge is 0.445 e. The van der Waals surface area contributed by atoms with Crippen molar-refractivity contribution in [1.82, 2.24) is 10.6 Å². The SMILES string of the molecule is CC(C)(C)OC(=O)NC1CC1c1ccc(C(=O)C(Cc2ccccc2)NC(=O)OCc2ccc(Br)cc2)cc1. The molecule has 8 heteroatoms. The first-order chi connectivity index (χ1) is 18.6. The first-order valence-electron chi connectivity index (χ1n) is 12.9. The molecule has 0 saturated heterocycles. The highest BCUT2D eigenvalue weighted by atomic mass is 79.9. The molecule has 1 aliphatic carbocycles. The zero-order valence-corrected chi connectivity index (χ0v) is 23.9. The Balaban J connectivity index is 1.38.